The Balaban J connectivity index is 2.36. The van der Waals surface area contributed by atoms with Gasteiger partial charge in [0.15, 0.2) is 0 Å². The lowest BCUT2D eigenvalue weighted by Crippen LogP contribution is -1.89. The molecule has 2 heterocycles. The summed E-state index contributed by atoms with van der Waals surface area (Å²) in [6.45, 7) is 0. The van der Waals surface area contributed by atoms with Crippen LogP contribution in [0.1, 0.15) is 0 Å². The molecule has 92 valence electrons. The maximum atomic E-state index is 5.91. The lowest BCUT2D eigenvalue weighted by molar-refractivity contribution is 0.418. The number of nitrogen functional groups attached to an aromatic ring is 1. The van der Waals surface area contributed by atoms with Crippen molar-refractivity contribution < 1.29 is 4.74 Å². The zero-order chi connectivity index (χ0) is 12.7. The molecule has 0 spiro atoms. The number of aromatic nitrogens is 3. The van der Waals surface area contributed by atoms with Gasteiger partial charge in [0, 0.05) is 24.2 Å². The molecular weight excluding hydrogens is 228 g/mol. The number of para-hydroxylation sites is 1. The van der Waals surface area contributed by atoms with E-state index in [2.05, 4.69) is 10.2 Å². The van der Waals surface area contributed by atoms with E-state index in [9.17, 15) is 0 Å². The molecule has 0 atom stereocenters. The van der Waals surface area contributed by atoms with Gasteiger partial charge in [-0.05, 0) is 6.07 Å². The Hall–Kier alpha value is -2.43. The van der Waals surface area contributed by atoms with Gasteiger partial charge in [0.25, 0.3) is 0 Å². The fraction of sp³-hybridized carbons (Fsp3) is 0.154. The van der Waals surface area contributed by atoms with Crippen molar-refractivity contribution in [3.63, 3.8) is 0 Å². The summed E-state index contributed by atoms with van der Waals surface area (Å²) in [5.74, 6) is 0.847. The summed E-state index contributed by atoms with van der Waals surface area (Å²) < 4.78 is 7.42. The van der Waals surface area contributed by atoms with Crippen molar-refractivity contribution in [2.75, 3.05) is 12.8 Å². The molecule has 3 N–H and O–H groups in total. The number of hydrogen-bond donors (Lipinski definition) is 2. The van der Waals surface area contributed by atoms with Crippen molar-refractivity contribution in [1.82, 2.24) is 14.8 Å². The molecule has 0 aliphatic heterocycles. The predicted molar refractivity (Wildman–Crippen MR) is 71.5 cm³/mol. The summed E-state index contributed by atoms with van der Waals surface area (Å²) in [4.78, 5) is 0. The Kier molecular flexibility index (Phi) is 2.26. The van der Waals surface area contributed by atoms with Crippen LogP contribution in [-0.2, 0) is 7.05 Å². The van der Waals surface area contributed by atoms with Crippen molar-refractivity contribution in [1.29, 1.82) is 0 Å². The summed E-state index contributed by atoms with van der Waals surface area (Å²) in [5.41, 5.74) is 9.47. The van der Waals surface area contributed by atoms with Gasteiger partial charge in [-0.2, -0.15) is 5.10 Å². The van der Waals surface area contributed by atoms with Crippen LogP contribution >= 0.6 is 0 Å². The number of methoxy groups -OCH3 is 1. The van der Waals surface area contributed by atoms with Gasteiger partial charge in [-0.15, -0.1) is 0 Å². The summed E-state index contributed by atoms with van der Waals surface area (Å²) in [7, 11) is 3.66. The Morgan fingerprint density at radius 2 is 2.22 bits per heavy atom. The first-order chi connectivity index (χ1) is 8.72. The summed E-state index contributed by atoms with van der Waals surface area (Å²) in [6.07, 6.45) is 3.64. The highest BCUT2D eigenvalue weighted by Gasteiger charge is 2.14. The Morgan fingerprint density at radius 3 is 2.89 bits per heavy atom. The van der Waals surface area contributed by atoms with Crippen LogP contribution in [0.2, 0.25) is 0 Å². The van der Waals surface area contributed by atoms with Crippen molar-refractivity contribution in [3.05, 3.63) is 30.6 Å². The minimum absolute atomic E-state index is 0.644. The fourth-order valence-electron chi connectivity index (χ4n) is 2.31. The number of rotatable bonds is 2. The third-order valence-corrected chi connectivity index (χ3v) is 3.12. The first-order valence-corrected chi connectivity index (χ1v) is 5.63. The number of benzene rings is 1. The molecule has 1 aromatic carbocycles. The van der Waals surface area contributed by atoms with Crippen LogP contribution in [0.25, 0.3) is 22.2 Å². The number of hydrogen-bond acceptors (Lipinski definition) is 3. The number of aromatic amines is 1. The molecule has 18 heavy (non-hydrogen) atoms. The molecule has 5 heteroatoms. The maximum Gasteiger partial charge on any atom is 0.143 e. The molecule has 5 nitrogen and oxygen atoms in total. The smallest absolute Gasteiger partial charge is 0.143 e. The molecule has 0 fully saturated rings. The van der Waals surface area contributed by atoms with Gasteiger partial charge in [0.2, 0.25) is 0 Å². The van der Waals surface area contributed by atoms with Crippen molar-refractivity contribution in [3.8, 4) is 17.0 Å². The third-order valence-electron chi connectivity index (χ3n) is 3.12. The summed E-state index contributed by atoms with van der Waals surface area (Å²) >= 11 is 0. The molecular formula is C13H14N4O. The summed E-state index contributed by atoms with van der Waals surface area (Å²) in [6, 6.07) is 5.97. The van der Waals surface area contributed by atoms with E-state index in [1.54, 1.807) is 13.3 Å². The van der Waals surface area contributed by atoms with Crippen LogP contribution < -0.4 is 10.5 Å². The maximum absolute atomic E-state index is 5.91. The van der Waals surface area contributed by atoms with E-state index in [1.807, 2.05) is 36.0 Å². The predicted octanol–water partition coefficient (Wildman–Crippen LogP) is 2.16. The number of ether oxygens (including phenoxy) is 1. The first-order valence-electron chi connectivity index (χ1n) is 5.63. The van der Waals surface area contributed by atoms with Gasteiger partial charge in [-0.1, -0.05) is 12.1 Å². The Labute approximate surface area is 104 Å². The van der Waals surface area contributed by atoms with Crippen molar-refractivity contribution in [2.45, 2.75) is 0 Å². The van der Waals surface area contributed by atoms with Crippen molar-refractivity contribution >= 4 is 16.6 Å². The molecule has 3 rings (SSSR count). The monoisotopic (exact) mass is 242 g/mol. The van der Waals surface area contributed by atoms with Crippen LogP contribution in [0.4, 0.5) is 5.69 Å². The van der Waals surface area contributed by atoms with Crippen LogP contribution in [0.5, 0.6) is 5.75 Å². The van der Waals surface area contributed by atoms with E-state index < -0.39 is 0 Å². The van der Waals surface area contributed by atoms with Gasteiger partial charge in [-0.25, -0.2) is 0 Å². The van der Waals surface area contributed by atoms with E-state index in [1.165, 1.54) is 0 Å². The van der Waals surface area contributed by atoms with Crippen LogP contribution in [0.15, 0.2) is 30.6 Å². The van der Waals surface area contributed by atoms with E-state index in [-0.39, 0.29) is 0 Å². The van der Waals surface area contributed by atoms with Gasteiger partial charge in [0.1, 0.15) is 5.75 Å². The molecule has 3 aromatic rings. The molecule has 0 amide bonds. The fourth-order valence-corrected chi connectivity index (χ4v) is 2.31. The quantitative estimate of drug-likeness (QED) is 0.723. The lowest BCUT2D eigenvalue weighted by Gasteiger charge is -2.04. The second-order valence-electron chi connectivity index (χ2n) is 4.21. The molecule has 0 bridgehead atoms. The highest BCUT2D eigenvalue weighted by Crippen LogP contribution is 2.35. The molecule has 0 unspecified atom stereocenters. The number of nitrogens with one attached hydrogen (secondary N) is 1. The van der Waals surface area contributed by atoms with E-state index >= 15 is 0 Å². The van der Waals surface area contributed by atoms with Crippen LogP contribution in [-0.4, -0.2) is 21.9 Å². The highest BCUT2D eigenvalue weighted by molar-refractivity contribution is 6.00. The molecule has 0 saturated heterocycles. The Bertz CT molecular complexity index is 711. The highest BCUT2D eigenvalue weighted by atomic mass is 16.5. The second kappa shape index (κ2) is 3.80. The normalized spacial score (nSPS) is 11.0. The number of aryl methyl sites for hydroxylation is 1. The summed E-state index contributed by atoms with van der Waals surface area (Å²) in [5, 5.41) is 7.99. The minimum atomic E-state index is 0.644. The van der Waals surface area contributed by atoms with Crippen LogP contribution in [0.3, 0.4) is 0 Å². The number of nitrogens with zero attached hydrogens (tertiary/aromatic N) is 2. The molecule has 0 saturated carbocycles. The van der Waals surface area contributed by atoms with Crippen LogP contribution in [0, 0.1) is 0 Å². The largest absolute Gasteiger partial charge is 0.495 e. The third kappa shape index (κ3) is 1.37. The van der Waals surface area contributed by atoms with E-state index in [4.69, 9.17) is 10.5 Å². The zero-order valence-corrected chi connectivity index (χ0v) is 10.3. The van der Waals surface area contributed by atoms with Gasteiger partial charge < -0.3 is 15.0 Å². The SMILES string of the molecule is COc1cccc2c(-c3[nH]ncc3N)cn(C)c12. The average Bonchev–Trinajstić information content (AvgIpc) is 2.93. The van der Waals surface area contributed by atoms with Crippen molar-refractivity contribution in [2.24, 2.45) is 7.05 Å². The van der Waals surface area contributed by atoms with Gasteiger partial charge in [-0.3, -0.25) is 5.10 Å². The standard InChI is InChI=1S/C13H14N4O/c1-17-7-9(12-10(14)6-15-16-12)8-4-3-5-11(18-2)13(8)17/h3-7H,14H2,1-2H3,(H,15,16). The number of fused-ring (bicyclic) bond motifs is 1. The molecule has 0 aliphatic carbocycles. The number of nitrogens with two attached hydrogens (primary N) is 1. The number of anilines is 1. The topological polar surface area (TPSA) is 68.9 Å². The van der Waals surface area contributed by atoms with Gasteiger partial charge >= 0.3 is 0 Å². The second-order valence-corrected chi connectivity index (χ2v) is 4.21. The first kappa shape index (κ1) is 10.7. The lowest BCUT2D eigenvalue weighted by atomic mass is 10.1. The molecule has 0 radical (unpaired) electrons. The zero-order valence-electron chi connectivity index (χ0n) is 10.3. The van der Waals surface area contributed by atoms with E-state index in [0.29, 0.717) is 5.69 Å². The molecule has 2 aromatic heterocycles. The Morgan fingerprint density at radius 1 is 1.39 bits per heavy atom. The van der Waals surface area contributed by atoms with E-state index in [0.717, 1.165) is 27.9 Å². The average molecular weight is 242 g/mol. The van der Waals surface area contributed by atoms with Gasteiger partial charge in [0.05, 0.1) is 30.2 Å². The molecule has 0 aliphatic rings. The number of H-pyrrole nitrogens is 1. The minimum Gasteiger partial charge on any atom is -0.495 e.